The highest BCUT2D eigenvalue weighted by atomic mass is 19.1. The molecule has 2 heterocycles. The van der Waals surface area contributed by atoms with Crippen molar-refractivity contribution in [2.45, 2.75) is 32.4 Å². The smallest absolute Gasteiger partial charge is 0.256 e. The molecule has 3 N–H and O–H groups in total. The molecule has 0 aliphatic carbocycles. The molecule has 1 aromatic heterocycles. The van der Waals surface area contributed by atoms with Crippen LogP contribution in [0.25, 0.3) is 11.4 Å². The minimum absolute atomic E-state index is 0.133. The lowest BCUT2D eigenvalue weighted by Crippen LogP contribution is -2.42. The van der Waals surface area contributed by atoms with Crippen molar-refractivity contribution >= 4 is 11.8 Å². The number of fused-ring (bicyclic) bond motifs is 1. The van der Waals surface area contributed by atoms with Crippen LogP contribution in [0.2, 0.25) is 0 Å². The average molecular weight is 452 g/mol. The van der Waals surface area contributed by atoms with Gasteiger partial charge in [-0.2, -0.15) is 0 Å². The van der Waals surface area contributed by atoms with Gasteiger partial charge in [0.15, 0.2) is 11.4 Å². The molecule has 2 amide bonds. The third-order valence-electron chi connectivity index (χ3n) is 5.56. The van der Waals surface area contributed by atoms with Crippen molar-refractivity contribution in [3.8, 4) is 11.4 Å². The van der Waals surface area contributed by atoms with E-state index in [0.29, 0.717) is 23.5 Å². The molecule has 9 heteroatoms. The molecule has 1 aliphatic rings. The summed E-state index contributed by atoms with van der Waals surface area (Å²) in [4.78, 5) is 33.1. The number of likely N-dealkylation sites (N-methyl/N-ethyl adjacent to an activating group) is 1. The highest BCUT2D eigenvalue weighted by Crippen LogP contribution is 2.28. The zero-order valence-electron chi connectivity index (χ0n) is 18.1. The SMILES string of the molecule is CCNC(=O)[C@](C)(O)c1ccc(Cc2nc(-c3c(F)cccc3F)nc3c2C(=O)NC3)cc1. The topological polar surface area (TPSA) is 104 Å². The van der Waals surface area contributed by atoms with Crippen LogP contribution in [0.3, 0.4) is 0 Å². The van der Waals surface area contributed by atoms with Gasteiger partial charge in [-0.15, -0.1) is 0 Å². The van der Waals surface area contributed by atoms with Crippen LogP contribution >= 0.6 is 0 Å². The number of aliphatic hydroxyl groups is 1. The van der Waals surface area contributed by atoms with Gasteiger partial charge in [0.05, 0.1) is 29.1 Å². The first-order chi connectivity index (χ1) is 15.7. The van der Waals surface area contributed by atoms with Crippen LogP contribution < -0.4 is 10.6 Å². The van der Waals surface area contributed by atoms with Crippen molar-refractivity contribution in [3.63, 3.8) is 0 Å². The standard InChI is InChI=1S/C24H22F2N4O3/c1-3-27-23(32)24(2,33)14-9-7-13(8-10-14)11-17-20-18(12-28-22(20)31)30-21(29-17)19-15(25)5-4-6-16(19)26/h4-10,33H,3,11-12H2,1-2H3,(H,27,32)(H,28,31)/t24-/m1/s1. The molecule has 0 saturated heterocycles. The Morgan fingerprint density at radius 3 is 2.42 bits per heavy atom. The number of carbonyl (C=O) groups excluding carboxylic acids is 2. The van der Waals surface area contributed by atoms with Crippen LogP contribution in [-0.2, 0) is 23.4 Å². The summed E-state index contributed by atoms with van der Waals surface area (Å²) in [5, 5.41) is 15.8. The molecule has 0 saturated carbocycles. The third-order valence-corrected chi connectivity index (χ3v) is 5.56. The van der Waals surface area contributed by atoms with E-state index in [1.165, 1.54) is 13.0 Å². The van der Waals surface area contributed by atoms with Gasteiger partial charge >= 0.3 is 0 Å². The number of nitrogens with one attached hydrogen (secondary N) is 2. The molecule has 1 aliphatic heterocycles. The van der Waals surface area contributed by atoms with Gasteiger partial charge in [0, 0.05) is 13.0 Å². The number of benzene rings is 2. The van der Waals surface area contributed by atoms with E-state index in [1.807, 2.05) is 0 Å². The maximum absolute atomic E-state index is 14.3. The first-order valence-corrected chi connectivity index (χ1v) is 10.4. The summed E-state index contributed by atoms with van der Waals surface area (Å²) in [5.74, 6) is -2.59. The molecule has 0 unspecified atom stereocenters. The highest BCUT2D eigenvalue weighted by Gasteiger charge is 2.32. The third kappa shape index (κ3) is 4.19. The van der Waals surface area contributed by atoms with Crippen molar-refractivity contribution < 1.29 is 23.5 Å². The fourth-order valence-corrected chi connectivity index (χ4v) is 3.76. The molecule has 0 bridgehead atoms. The monoisotopic (exact) mass is 452 g/mol. The van der Waals surface area contributed by atoms with E-state index < -0.39 is 23.1 Å². The van der Waals surface area contributed by atoms with E-state index >= 15 is 0 Å². The Balaban J connectivity index is 1.71. The maximum Gasteiger partial charge on any atom is 0.256 e. The lowest BCUT2D eigenvalue weighted by Gasteiger charge is -2.22. The molecule has 4 rings (SSSR count). The zero-order chi connectivity index (χ0) is 23.8. The maximum atomic E-state index is 14.3. The van der Waals surface area contributed by atoms with Gasteiger partial charge < -0.3 is 15.7 Å². The number of aromatic nitrogens is 2. The van der Waals surface area contributed by atoms with Gasteiger partial charge in [0.1, 0.15) is 11.6 Å². The summed E-state index contributed by atoms with van der Waals surface area (Å²) in [7, 11) is 0. The molecule has 33 heavy (non-hydrogen) atoms. The molecular weight excluding hydrogens is 430 g/mol. The van der Waals surface area contributed by atoms with Crippen molar-refractivity contribution in [1.82, 2.24) is 20.6 Å². The molecule has 3 aromatic rings. The summed E-state index contributed by atoms with van der Waals surface area (Å²) < 4.78 is 28.7. The van der Waals surface area contributed by atoms with Crippen molar-refractivity contribution in [1.29, 1.82) is 0 Å². The Morgan fingerprint density at radius 2 is 1.79 bits per heavy atom. The van der Waals surface area contributed by atoms with Crippen molar-refractivity contribution in [2.24, 2.45) is 0 Å². The Kier molecular flexibility index (Phi) is 5.90. The Bertz CT molecular complexity index is 1220. The van der Waals surface area contributed by atoms with Crippen LogP contribution in [0.1, 0.15) is 46.7 Å². The van der Waals surface area contributed by atoms with E-state index in [0.717, 1.165) is 17.7 Å². The van der Waals surface area contributed by atoms with E-state index in [-0.39, 0.29) is 35.8 Å². The number of hydrogen-bond donors (Lipinski definition) is 3. The van der Waals surface area contributed by atoms with E-state index in [4.69, 9.17) is 0 Å². The van der Waals surface area contributed by atoms with E-state index in [2.05, 4.69) is 20.6 Å². The van der Waals surface area contributed by atoms with Crippen LogP contribution in [0.4, 0.5) is 8.78 Å². The van der Waals surface area contributed by atoms with E-state index in [9.17, 15) is 23.5 Å². The second-order valence-electron chi connectivity index (χ2n) is 7.90. The predicted octanol–water partition coefficient (Wildman–Crippen LogP) is 2.60. The van der Waals surface area contributed by atoms with Gasteiger partial charge in [-0.3, -0.25) is 9.59 Å². The minimum Gasteiger partial charge on any atom is -0.376 e. The lowest BCUT2D eigenvalue weighted by molar-refractivity contribution is -0.138. The Hall–Kier alpha value is -3.72. The first-order valence-electron chi connectivity index (χ1n) is 10.4. The molecule has 0 radical (unpaired) electrons. The number of hydrogen-bond acceptors (Lipinski definition) is 5. The summed E-state index contributed by atoms with van der Waals surface area (Å²) >= 11 is 0. The summed E-state index contributed by atoms with van der Waals surface area (Å²) in [6.07, 6.45) is 0.185. The van der Waals surface area contributed by atoms with Crippen LogP contribution in [0.5, 0.6) is 0 Å². The van der Waals surface area contributed by atoms with Gasteiger partial charge in [-0.25, -0.2) is 18.7 Å². The summed E-state index contributed by atoms with van der Waals surface area (Å²) in [5.41, 5.74) is 0.0561. The van der Waals surface area contributed by atoms with Crippen LogP contribution in [0.15, 0.2) is 42.5 Å². The fourth-order valence-electron chi connectivity index (χ4n) is 3.76. The van der Waals surface area contributed by atoms with Gasteiger partial charge in [-0.1, -0.05) is 30.3 Å². The fraction of sp³-hybridized carbons (Fsp3) is 0.250. The van der Waals surface area contributed by atoms with Gasteiger partial charge in [0.2, 0.25) is 0 Å². The molecular formula is C24H22F2N4O3. The Morgan fingerprint density at radius 1 is 1.12 bits per heavy atom. The molecule has 0 fully saturated rings. The Labute approximate surface area is 188 Å². The molecule has 170 valence electrons. The molecule has 1 atom stereocenters. The predicted molar refractivity (Wildman–Crippen MR) is 116 cm³/mol. The minimum atomic E-state index is -1.71. The number of amides is 2. The average Bonchev–Trinajstić information content (AvgIpc) is 3.15. The molecule has 2 aromatic carbocycles. The number of carbonyl (C=O) groups is 2. The lowest BCUT2D eigenvalue weighted by atomic mass is 9.93. The number of halogens is 2. The van der Waals surface area contributed by atoms with Crippen LogP contribution in [-0.4, -0.2) is 33.4 Å². The summed E-state index contributed by atoms with van der Waals surface area (Å²) in [6.45, 7) is 3.69. The van der Waals surface area contributed by atoms with Crippen molar-refractivity contribution in [3.05, 3.63) is 82.2 Å². The zero-order valence-corrected chi connectivity index (χ0v) is 18.1. The normalized spacial score (nSPS) is 14.4. The van der Waals surface area contributed by atoms with Crippen LogP contribution in [0, 0.1) is 11.6 Å². The number of nitrogens with zero attached hydrogens (tertiary/aromatic N) is 2. The quantitative estimate of drug-likeness (QED) is 0.533. The van der Waals surface area contributed by atoms with Gasteiger partial charge in [0.25, 0.3) is 11.8 Å². The second-order valence-corrected chi connectivity index (χ2v) is 7.90. The molecule has 0 spiro atoms. The molecule has 7 nitrogen and oxygen atoms in total. The van der Waals surface area contributed by atoms with Gasteiger partial charge in [-0.05, 0) is 37.1 Å². The second kappa shape index (κ2) is 8.67. The summed E-state index contributed by atoms with van der Waals surface area (Å²) in [6, 6.07) is 10.1. The van der Waals surface area contributed by atoms with E-state index in [1.54, 1.807) is 31.2 Å². The number of rotatable bonds is 6. The van der Waals surface area contributed by atoms with Crippen molar-refractivity contribution in [2.75, 3.05) is 6.54 Å². The highest BCUT2D eigenvalue weighted by molar-refractivity contribution is 5.99. The largest absolute Gasteiger partial charge is 0.376 e. The first kappa shape index (κ1) is 22.5.